The van der Waals surface area contributed by atoms with E-state index in [0.717, 1.165) is 5.69 Å². The first-order valence-electron chi connectivity index (χ1n) is 7.29. The van der Waals surface area contributed by atoms with Crippen LogP contribution in [0.15, 0.2) is 53.6 Å². The standard InChI is InChI=1S/C16H18ClN3O3S/c1-13(21)20(12-15-4-2-3-9-18-15)11-10-19-24(22,23)16-7-5-14(17)6-8-16/h2-9,19H,10-12H2,1H3. The van der Waals surface area contributed by atoms with E-state index >= 15 is 0 Å². The van der Waals surface area contributed by atoms with Gasteiger partial charge in [-0.3, -0.25) is 9.78 Å². The average molecular weight is 368 g/mol. The Hall–Kier alpha value is -1.96. The Morgan fingerprint density at radius 2 is 1.92 bits per heavy atom. The van der Waals surface area contributed by atoms with Gasteiger partial charge in [-0.05, 0) is 36.4 Å². The van der Waals surface area contributed by atoms with E-state index in [4.69, 9.17) is 11.6 Å². The highest BCUT2D eigenvalue weighted by molar-refractivity contribution is 7.89. The summed E-state index contributed by atoms with van der Waals surface area (Å²) in [5, 5.41) is 0.465. The summed E-state index contributed by atoms with van der Waals surface area (Å²) in [7, 11) is -3.63. The summed E-state index contributed by atoms with van der Waals surface area (Å²) in [4.78, 5) is 17.6. The van der Waals surface area contributed by atoms with Crippen molar-refractivity contribution in [3.05, 3.63) is 59.4 Å². The van der Waals surface area contributed by atoms with E-state index in [1.807, 2.05) is 12.1 Å². The van der Waals surface area contributed by atoms with Crippen LogP contribution in [-0.4, -0.2) is 37.3 Å². The minimum atomic E-state index is -3.63. The Bertz CT molecular complexity index is 780. The molecule has 0 saturated carbocycles. The third kappa shape index (κ3) is 5.30. The quantitative estimate of drug-likeness (QED) is 0.812. The molecule has 1 aromatic heterocycles. The monoisotopic (exact) mass is 367 g/mol. The second kappa shape index (κ2) is 8.23. The molecule has 0 atom stereocenters. The molecule has 1 N–H and O–H groups in total. The number of amides is 1. The largest absolute Gasteiger partial charge is 0.336 e. The van der Waals surface area contributed by atoms with Gasteiger partial charge in [-0.1, -0.05) is 17.7 Å². The fraction of sp³-hybridized carbons (Fsp3) is 0.250. The molecule has 0 bridgehead atoms. The van der Waals surface area contributed by atoms with E-state index < -0.39 is 10.0 Å². The van der Waals surface area contributed by atoms with Crippen LogP contribution in [0.25, 0.3) is 0 Å². The number of pyridine rings is 1. The third-order valence-corrected chi connectivity index (χ3v) is 5.05. The summed E-state index contributed by atoms with van der Waals surface area (Å²) in [6.45, 7) is 2.13. The van der Waals surface area contributed by atoms with Crippen molar-refractivity contribution in [2.24, 2.45) is 0 Å². The predicted molar refractivity (Wildman–Crippen MR) is 92.0 cm³/mol. The van der Waals surface area contributed by atoms with E-state index in [9.17, 15) is 13.2 Å². The van der Waals surface area contributed by atoms with Crippen molar-refractivity contribution in [2.75, 3.05) is 13.1 Å². The number of nitrogens with zero attached hydrogens (tertiary/aromatic N) is 2. The molecular formula is C16H18ClN3O3S. The summed E-state index contributed by atoms with van der Waals surface area (Å²) in [5.74, 6) is -0.147. The number of hydrogen-bond donors (Lipinski definition) is 1. The first-order valence-corrected chi connectivity index (χ1v) is 9.15. The topological polar surface area (TPSA) is 79.4 Å². The van der Waals surface area contributed by atoms with Crippen LogP contribution in [0.1, 0.15) is 12.6 Å². The van der Waals surface area contributed by atoms with Crippen LogP contribution in [-0.2, 0) is 21.4 Å². The van der Waals surface area contributed by atoms with Crippen LogP contribution in [0.5, 0.6) is 0 Å². The first kappa shape index (κ1) is 18.4. The molecule has 128 valence electrons. The summed E-state index contributed by atoms with van der Waals surface area (Å²) < 4.78 is 26.8. The van der Waals surface area contributed by atoms with Gasteiger partial charge in [0.1, 0.15) is 0 Å². The summed E-state index contributed by atoms with van der Waals surface area (Å²) in [6, 6.07) is 11.3. The zero-order chi connectivity index (χ0) is 17.6. The van der Waals surface area contributed by atoms with Gasteiger partial charge in [0, 0.05) is 31.2 Å². The fourth-order valence-electron chi connectivity index (χ4n) is 2.05. The lowest BCUT2D eigenvalue weighted by Gasteiger charge is -2.20. The maximum Gasteiger partial charge on any atom is 0.240 e. The Morgan fingerprint density at radius 1 is 1.21 bits per heavy atom. The van der Waals surface area contributed by atoms with Gasteiger partial charge in [0.05, 0.1) is 17.1 Å². The lowest BCUT2D eigenvalue weighted by molar-refractivity contribution is -0.129. The van der Waals surface area contributed by atoms with Crippen molar-refractivity contribution in [1.29, 1.82) is 0 Å². The lowest BCUT2D eigenvalue weighted by Crippen LogP contribution is -2.37. The number of rotatable bonds is 7. The molecule has 1 heterocycles. The molecule has 6 nitrogen and oxygen atoms in total. The third-order valence-electron chi connectivity index (χ3n) is 3.32. The molecule has 0 aliphatic carbocycles. The molecule has 24 heavy (non-hydrogen) atoms. The maximum atomic E-state index is 12.2. The minimum absolute atomic E-state index is 0.109. The molecule has 0 aliphatic heterocycles. The first-order chi connectivity index (χ1) is 11.4. The Balaban J connectivity index is 1.95. The fourth-order valence-corrected chi connectivity index (χ4v) is 3.19. The molecular weight excluding hydrogens is 350 g/mol. The number of aromatic nitrogens is 1. The van der Waals surface area contributed by atoms with Crippen molar-refractivity contribution >= 4 is 27.5 Å². The van der Waals surface area contributed by atoms with Crippen molar-refractivity contribution in [3.8, 4) is 0 Å². The Kier molecular flexibility index (Phi) is 6.30. The predicted octanol–water partition coefficient (Wildman–Crippen LogP) is 2.06. The second-order valence-corrected chi connectivity index (χ2v) is 7.32. The van der Waals surface area contributed by atoms with Crippen molar-refractivity contribution in [3.63, 3.8) is 0 Å². The number of nitrogens with one attached hydrogen (secondary N) is 1. The van der Waals surface area contributed by atoms with Gasteiger partial charge in [-0.2, -0.15) is 0 Å². The van der Waals surface area contributed by atoms with Crippen LogP contribution >= 0.6 is 11.6 Å². The summed E-state index contributed by atoms with van der Waals surface area (Å²) in [5.41, 5.74) is 0.744. The Morgan fingerprint density at radius 3 is 2.50 bits per heavy atom. The van der Waals surface area contributed by atoms with E-state index in [1.165, 1.54) is 36.1 Å². The van der Waals surface area contributed by atoms with E-state index in [-0.39, 0.29) is 23.9 Å². The zero-order valence-corrected chi connectivity index (χ0v) is 14.7. The second-order valence-electron chi connectivity index (χ2n) is 5.11. The Labute approximate surface area is 146 Å². The van der Waals surface area contributed by atoms with Crippen LogP contribution in [0.2, 0.25) is 5.02 Å². The molecule has 0 radical (unpaired) electrons. The van der Waals surface area contributed by atoms with Crippen LogP contribution in [0.4, 0.5) is 0 Å². The molecule has 0 unspecified atom stereocenters. The zero-order valence-electron chi connectivity index (χ0n) is 13.1. The van der Waals surface area contributed by atoms with Crippen molar-refractivity contribution in [2.45, 2.75) is 18.4 Å². The number of halogens is 1. The number of sulfonamides is 1. The van der Waals surface area contributed by atoms with Gasteiger partial charge in [-0.15, -0.1) is 0 Å². The smallest absolute Gasteiger partial charge is 0.240 e. The molecule has 2 rings (SSSR count). The molecule has 0 saturated heterocycles. The normalized spacial score (nSPS) is 11.2. The van der Waals surface area contributed by atoms with Crippen LogP contribution in [0.3, 0.4) is 0 Å². The van der Waals surface area contributed by atoms with Crippen molar-refractivity contribution in [1.82, 2.24) is 14.6 Å². The molecule has 1 aromatic carbocycles. The number of carbonyl (C=O) groups is 1. The SMILES string of the molecule is CC(=O)N(CCNS(=O)(=O)c1ccc(Cl)cc1)Cc1ccccn1. The van der Waals surface area contributed by atoms with Gasteiger partial charge in [0.2, 0.25) is 15.9 Å². The molecule has 0 spiro atoms. The molecule has 2 aromatic rings. The molecule has 1 amide bonds. The van der Waals surface area contributed by atoms with E-state index in [1.54, 1.807) is 12.3 Å². The number of hydrogen-bond acceptors (Lipinski definition) is 4. The van der Waals surface area contributed by atoms with Crippen LogP contribution in [0, 0.1) is 0 Å². The number of carbonyl (C=O) groups excluding carboxylic acids is 1. The molecule has 0 aliphatic rings. The highest BCUT2D eigenvalue weighted by Gasteiger charge is 2.15. The summed E-state index contributed by atoms with van der Waals surface area (Å²) in [6.07, 6.45) is 1.65. The molecule has 8 heteroatoms. The average Bonchev–Trinajstić information content (AvgIpc) is 2.55. The lowest BCUT2D eigenvalue weighted by atomic mass is 10.3. The van der Waals surface area contributed by atoms with Gasteiger partial charge in [0.15, 0.2) is 0 Å². The summed E-state index contributed by atoms with van der Waals surface area (Å²) >= 11 is 5.75. The van der Waals surface area contributed by atoms with Gasteiger partial charge in [-0.25, -0.2) is 13.1 Å². The number of benzene rings is 1. The highest BCUT2D eigenvalue weighted by Crippen LogP contribution is 2.13. The van der Waals surface area contributed by atoms with E-state index in [2.05, 4.69) is 9.71 Å². The van der Waals surface area contributed by atoms with Gasteiger partial charge < -0.3 is 4.90 Å². The molecule has 0 fully saturated rings. The maximum absolute atomic E-state index is 12.2. The van der Waals surface area contributed by atoms with Crippen molar-refractivity contribution < 1.29 is 13.2 Å². The van der Waals surface area contributed by atoms with Gasteiger partial charge >= 0.3 is 0 Å². The van der Waals surface area contributed by atoms with E-state index in [0.29, 0.717) is 11.6 Å². The highest BCUT2D eigenvalue weighted by atomic mass is 35.5. The van der Waals surface area contributed by atoms with Crippen LogP contribution < -0.4 is 4.72 Å². The van der Waals surface area contributed by atoms with Gasteiger partial charge in [0.25, 0.3) is 0 Å². The minimum Gasteiger partial charge on any atom is -0.336 e.